The lowest BCUT2D eigenvalue weighted by molar-refractivity contribution is -0.194. The van der Waals surface area contributed by atoms with Crippen LogP contribution in [0.5, 0.6) is 0 Å². The van der Waals surface area contributed by atoms with E-state index in [4.69, 9.17) is 15.2 Å². The minimum absolute atomic E-state index is 0.124. The second kappa shape index (κ2) is 16.2. The molecule has 46 heavy (non-hydrogen) atoms. The monoisotopic (exact) mass is 663 g/mol. The highest BCUT2D eigenvalue weighted by atomic mass is 32.2. The first-order valence-corrected chi connectivity index (χ1v) is 20.4. The first-order chi connectivity index (χ1) is 22.0. The van der Waals surface area contributed by atoms with Gasteiger partial charge >= 0.3 is 0 Å². The van der Waals surface area contributed by atoms with Crippen LogP contribution in [0.15, 0.2) is 11.6 Å². The van der Waals surface area contributed by atoms with Gasteiger partial charge in [0.05, 0.1) is 12.2 Å². The third-order valence-corrected chi connectivity index (χ3v) is 15.1. The van der Waals surface area contributed by atoms with Crippen molar-refractivity contribution in [3.05, 3.63) is 11.6 Å². The van der Waals surface area contributed by atoms with E-state index in [0.717, 1.165) is 80.0 Å². The topological polar surface area (TPSA) is 105 Å². The Bertz CT molecular complexity index is 991. The van der Waals surface area contributed by atoms with Crippen molar-refractivity contribution in [1.29, 1.82) is 0 Å². The average molecular weight is 664 g/mol. The molecule has 0 bridgehead atoms. The summed E-state index contributed by atoms with van der Waals surface area (Å²) in [5.74, 6) is 6.17. The van der Waals surface area contributed by atoms with Gasteiger partial charge in [-0.1, -0.05) is 78.4 Å². The fourth-order valence-corrected chi connectivity index (χ4v) is 12.2. The van der Waals surface area contributed by atoms with Crippen LogP contribution in [0, 0.1) is 46.3 Å². The van der Waals surface area contributed by atoms with Crippen molar-refractivity contribution in [1.82, 2.24) is 0 Å². The zero-order valence-corrected chi connectivity index (χ0v) is 30.7. The number of unbranched alkanes of at least 4 members (excludes halogenated alkanes) is 3. The van der Waals surface area contributed by atoms with Crippen molar-refractivity contribution >= 4 is 11.8 Å². The molecule has 0 spiro atoms. The van der Waals surface area contributed by atoms with Crippen LogP contribution in [-0.4, -0.2) is 70.2 Å². The van der Waals surface area contributed by atoms with Gasteiger partial charge in [-0.3, -0.25) is 0 Å². The van der Waals surface area contributed by atoms with Crippen LogP contribution >= 0.6 is 11.8 Å². The highest BCUT2D eigenvalue weighted by Gasteiger charge is 2.59. The van der Waals surface area contributed by atoms with Crippen molar-refractivity contribution in [2.45, 2.75) is 167 Å². The summed E-state index contributed by atoms with van der Waals surface area (Å²) in [6.45, 7) is 13.6. The Morgan fingerprint density at radius 2 is 1.70 bits per heavy atom. The molecule has 0 amide bonds. The Balaban J connectivity index is 1.02. The summed E-state index contributed by atoms with van der Waals surface area (Å²) in [6, 6.07) is 0. The van der Waals surface area contributed by atoms with Crippen LogP contribution in [0.25, 0.3) is 0 Å². The lowest BCUT2D eigenvalue weighted by atomic mass is 9.47. The SMILES string of the molecule is CC(C)CCC[C@H](C)[C@@H]1CC[C@@H]2[C@H]3CC=C4C[C@H](OCCCCCCS[C@@H]5O[C@@H](CN)[C@H](O)[C@@H](O)[C@H]5O)CC[C@@]4(C)[C@@H]3CC[C@]21C. The first-order valence-electron chi connectivity index (χ1n) is 19.3. The van der Waals surface area contributed by atoms with Gasteiger partial charge in [-0.25, -0.2) is 0 Å². The Kier molecular flexibility index (Phi) is 13.1. The Morgan fingerprint density at radius 1 is 0.913 bits per heavy atom. The number of hydrogen-bond acceptors (Lipinski definition) is 7. The van der Waals surface area contributed by atoms with E-state index in [2.05, 4.69) is 40.7 Å². The number of hydrogen-bond donors (Lipinski definition) is 4. The number of nitrogens with two attached hydrogens (primary N) is 1. The summed E-state index contributed by atoms with van der Waals surface area (Å²) in [5.41, 5.74) is 7.78. The number of ether oxygens (including phenoxy) is 2. The molecule has 1 saturated heterocycles. The van der Waals surface area contributed by atoms with Crippen molar-refractivity contribution in [3.63, 3.8) is 0 Å². The van der Waals surface area contributed by atoms with E-state index in [1.165, 1.54) is 76.0 Å². The quantitative estimate of drug-likeness (QED) is 0.106. The third kappa shape index (κ3) is 7.92. The molecule has 1 heterocycles. The molecule has 3 saturated carbocycles. The number of thioether (sulfide) groups is 1. The lowest BCUT2D eigenvalue weighted by Gasteiger charge is -2.58. The van der Waals surface area contributed by atoms with E-state index in [0.29, 0.717) is 16.9 Å². The first kappa shape index (κ1) is 37.1. The fourth-order valence-electron chi connectivity index (χ4n) is 11.1. The fraction of sp³-hybridized carbons (Fsp3) is 0.949. The van der Waals surface area contributed by atoms with Crippen molar-refractivity contribution < 1.29 is 24.8 Å². The second-order valence-corrected chi connectivity index (χ2v) is 18.3. The Morgan fingerprint density at radius 3 is 2.46 bits per heavy atom. The van der Waals surface area contributed by atoms with Crippen molar-refractivity contribution in [2.75, 3.05) is 18.9 Å². The zero-order valence-electron chi connectivity index (χ0n) is 29.9. The summed E-state index contributed by atoms with van der Waals surface area (Å²) in [7, 11) is 0. The van der Waals surface area contributed by atoms with Crippen LogP contribution in [0.1, 0.15) is 131 Å². The summed E-state index contributed by atoms with van der Waals surface area (Å²) in [4.78, 5) is 0. The van der Waals surface area contributed by atoms with Gasteiger partial charge in [0.25, 0.3) is 0 Å². The second-order valence-electron chi connectivity index (χ2n) is 17.1. The van der Waals surface area contributed by atoms with E-state index in [1.54, 1.807) is 5.57 Å². The molecule has 0 aromatic heterocycles. The molecule has 6 nitrogen and oxygen atoms in total. The van der Waals surface area contributed by atoms with Crippen LogP contribution in [0.3, 0.4) is 0 Å². The van der Waals surface area contributed by atoms with E-state index < -0.39 is 29.9 Å². The minimum atomic E-state index is -1.21. The number of aliphatic hydroxyl groups excluding tert-OH is 3. The number of aliphatic hydroxyl groups is 3. The average Bonchev–Trinajstić information content (AvgIpc) is 3.39. The molecule has 4 aliphatic carbocycles. The zero-order chi connectivity index (χ0) is 33.1. The van der Waals surface area contributed by atoms with Gasteiger partial charge in [0, 0.05) is 13.2 Å². The summed E-state index contributed by atoms with van der Waals surface area (Å²) in [5, 5.41) is 30.3. The molecule has 0 aromatic carbocycles. The van der Waals surface area contributed by atoms with E-state index >= 15 is 0 Å². The van der Waals surface area contributed by atoms with Gasteiger partial charge in [0.15, 0.2) is 0 Å². The molecule has 0 radical (unpaired) electrons. The van der Waals surface area contributed by atoms with Gasteiger partial charge < -0.3 is 30.5 Å². The molecule has 5 aliphatic rings. The Labute approximate surface area is 285 Å². The highest BCUT2D eigenvalue weighted by Crippen LogP contribution is 2.67. The lowest BCUT2D eigenvalue weighted by Crippen LogP contribution is -2.58. The molecule has 13 atom stereocenters. The van der Waals surface area contributed by atoms with E-state index in [9.17, 15) is 15.3 Å². The highest BCUT2D eigenvalue weighted by molar-refractivity contribution is 7.99. The number of rotatable bonds is 15. The largest absolute Gasteiger partial charge is 0.388 e. The van der Waals surface area contributed by atoms with Crippen LogP contribution in [0.4, 0.5) is 0 Å². The molecular formula is C39H69NO5S. The van der Waals surface area contributed by atoms with E-state index in [1.807, 2.05) is 0 Å². The predicted octanol–water partition coefficient (Wildman–Crippen LogP) is 7.47. The molecule has 5 N–H and O–H groups in total. The van der Waals surface area contributed by atoms with Gasteiger partial charge in [0.1, 0.15) is 23.7 Å². The molecule has 4 fully saturated rings. The van der Waals surface area contributed by atoms with Crippen LogP contribution < -0.4 is 5.73 Å². The maximum atomic E-state index is 10.3. The smallest absolute Gasteiger partial charge is 0.132 e. The van der Waals surface area contributed by atoms with Gasteiger partial charge in [-0.2, -0.15) is 0 Å². The predicted molar refractivity (Wildman–Crippen MR) is 189 cm³/mol. The molecular weight excluding hydrogens is 594 g/mol. The summed E-state index contributed by atoms with van der Waals surface area (Å²) in [6.07, 6.45) is 18.4. The maximum Gasteiger partial charge on any atom is 0.132 e. The van der Waals surface area contributed by atoms with Crippen LogP contribution in [0.2, 0.25) is 0 Å². The minimum Gasteiger partial charge on any atom is -0.388 e. The third-order valence-electron chi connectivity index (χ3n) is 13.8. The number of allylic oxidation sites excluding steroid dienone is 1. The van der Waals surface area contributed by atoms with Crippen molar-refractivity contribution in [3.8, 4) is 0 Å². The molecule has 5 rings (SSSR count). The van der Waals surface area contributed by atoms with Crippen molar-refractivity contribution in [2.24, 2.45) is 52.1 Å². The summed E-state index contributed by atoms with van der Waals surface area (Å²) >= 11 is 1.51. The molecule has 0 aromatic rings. The Hall–Kier alpha value is -0.150. The van der Waals surface area contributed by atoms with Gasteiger partial charge in [-0.15, -0.1) is 11.8 Å². The maximum absolute atomic E-state index is 10.3. The molecule has 1 aliphatic heterocycles. The van der Waals surface area contributed by atoms with Crippen LogP contribution in [-0.2, 0) is 9.47 Å². The normalized spacial score (nSPS) is 43.1. The van der Waals surface area contributed by atoms with Gasteiger partial charge in [-0.05, 0) is 116 Å². The standard InChI is InChI=1S/C39H69NO5S/c1-25(2)11-10-12-26(3)30-15-16-31-29-14-13-27-23-28(17-19-38(27,4)32(29)18-20-39(30,31)5)44-21-8-6-7-9-22-46-37-36(43)35(42)34(41)33(24-40)45-37/h13,25-26,28-37,41-43H,6-12,14-24,40H2,1-5H3/t26-,28+,29+,30-,31+,32+,33-,34-,35+,36+,37-,38+,39-/m0/s1. The number of fused-ring (bicyclic) bond motifs is 5. The van der Waals surface area contributed by atoms with Gasteiger partial charge in [0.2, 0.25) is 0 Å². The van der Waals surface area contributed by atoms with E-state index in [-0.39, 0.29) is 6.54 Å². The molecule has 7 heteroatoms. The molecule has 0 unspecified atom stereocenters. The molecule has 266 valence electrons. The summed E-state index contributed by atoms with van der Waals surface area (Å²) < 4.78 is 12.2.